The highest BCUT2D eigenvalue weighted by Crippen LogP contribution is 2.21. The molecule has 0 radical (unpaired) electrons. The Morgan fingerprint density at radius 2 is 2.16 bits per heavy atom. The van der Waals surface area contributed by atoms with Gasteiger partial charge < -0.3 is 14.4 Å². The summed E-state index contributed by atoms with van der Waals surface area (Å²) in [4.78, 5) is 10.6. The van der Waals surface area contributed by atoms with E-state index in [-0.39, 0.29) is 11.8 Å². The van der Waals surface area contributed by atoms with Crippen LogP contribution < -0.4 is 0 Å². The number of hydrogen-bond donors (Lipinski definition) is 1. The predicted octanol–water partition coefficient (Wildman–Crippen LogP) is 2.00. The lowest BCUT2D eigenvalue weighted by Gasteiger charge is -2.13. The van der Waals surface area contributed by atoms with Crippen LogP contribution in [-0.2, 0) is 16.0 Å². The Morgan fingerprint density at radius 1 is 1.42 bits per heavy atom. The minimum absolute atomic E-state index is 0.00279. The largest absolute Gasteiger partial charge is 0.481 e. The van der Waals surface area contributed by atoms with Crippen LogP contribution >= 0.6 is 11.8 Å². The van der Waals surface area contributed by atoms with E-state index in [9.17, 15) is 4.79 Å². The summed E-state index contributed by atoms with van der Waals surface area (Å²) in [7, 11) is 0. The third kappa shape index (κ3) is 5.20. The van der Waals surface area contributed by atoms with Crippen molar-refractivity contribution in [2.45, 2.75) is 44.8 Å². The highest BCUT2D eigenvalue weighted by Gasteiger charge is 2.15. The van der Waals surface area contributed by atoms with E-state index in [0.717, 1.165) is 18.9 Å². The number of carboxylic acids is 1. The van der Waals surface area contributed by atoms with Crippen molar-refractivity contribution in [1.82, 2.24) is 14.8 Å². The Labute approximate surface area is 117 Å². The van der Waals surface area contributed by atoms with Gasteiger partial charge in [-0.05, 0) is 20.3 Å². The molecule has 0 aliphatic heterocycles. The zero-order chi connectivity index (χ0) is 14.3. The van der Waals surface area contributed by atoms with Gasteiger partial charge >= 0.3 is 5.97 Å². The molecule has 0 saturated carbocycles. The summed E-state index contributed by atoms with van der Waals surface area (Å²) in [5.74, 6) is -0.00730. The quantitative estimate of drug-likeness (QED) is 0.553. The van der Waals surface area contributed by atoms with Gasteiger partial charge in [-0.15, -0.1) is 10.2 Å². The monoisotopic (exact) mass is 287 g/mol. The minimum atomic E-state index is -0.851. The second-order valence-corrected chi connectivity index (χ2v) is 5.35. The van der Waals surface area contributed by atoms with Gasteiger partial charge in [0.1, 0.15) is 5.82 Å². The number of thioether (sulfide) groups is 1. The molecular formula is C12H21N3O3S. The first-order chi connectivity index (χ1) is 9.06. The summed E-state index contributed by atoms with van der Waals surface area (Å²) in [6.07, 6.45) is 1.69. The standard InChI is InChI=1S/C12H21N3O3S/c1-4-6-18-7-5-10-13-14-12(15(10)9(2)3)19-8-11(16)17/h9H,4-8H2,1-3H3,(H,16,17). The van der Waals surface area contributed by atoms with Gasteiger partial charge in [-0.3, -0.25) is 4.79 Å². The number of carbonyl (C=O) groups is 1. The molecule has 6 nitrogen and oxygen atoms in total. The fourth-order valence-electron chi connectivity index (χ4n) is 1.63. The van der Waals surface area contributed by atoms with Gasteiger partial charge in [0.15, 0.2) is 5.16 Å². The van der Waals surface area contributed by atoms with Crippen LogP contribution in [0.2, 0.25) is 0 Å². The molecular weight excluding hydrogens is 266 g/mol. The molecule has 0 saturated heterocycles. The molecule has 0 aliphatic rings. The van der Waals surface area contributed by atoms with Crippen LogP contribution in [0, 0.1) is 0 Å². The van der Waals surface area contributed by atoms with E-state index in [0.29, 0.717) is 18.2 Å². The van der Waals surface area contributed by atoms with E-state index in [1.165, 1.54) is 11.8 Å². The van der Waals surface area contributed by atoms with Crippen molar-refractivity contribution < 1.29 is 14.6 Å². The van der Waals surface area contributed by atoms with Crippen molar-refractivity contribution in [2.75, 3.05) is 19.0 Å². The minimum Gasteiger partial charge on any atom is -0.481 e. The van der Waals surface area contributed by atoms with Crippen molar-refractivity contribution >= 4 is 17.7 Å². The van der Waals surface area contributed by atoms with Crippen LogP contribution in [0.3, 0.4) is 0 Å². The lowest BCUT2D eigenvalue weighted by Crippen LogP contribution is -2.11. The van der Waals surface area contributed by atoms with Gasteiger partial charge in [-0.2, -0.15) is 0 Å². The summed E-state index contributed by atoms with van der Waals surface area (Å²) in [6, 6.07) is 0.201. The van der Waals surface area contributed by atoms with Gasteiger partial charge in [-0.25, -0.2) is 0 Å². The smallest absolute Gasteiger partial charge is 0.313 e. The van der Waals surface area contributed by atoms with Crippen LogP contribution in [0.1, 0.15) is 39.1 Å². The lowest BCUT2D eigenvalue weighted by atomic mass is 10.3. The Hall–Kier alpha value is -1.08. The van der Waals surface area contributed by atoms with Crippen molar-refractivity contribution in [3.63, 3.8) is 0 Å². The fraction of sp³-hybridized carbons (Fsp3) is 0.750. The lowest BCUT2D eigenvalue weighted by molar-refractivity contribution is -0.133. The molecule has 0 bridgehead atoms. The van der Waals surface area contributed by atoms with Crippen molar-refractivity contribution in [3.05, 3.63) is 5.82 Å². The molecule has 0 fully saturated rings. The summed E-state index contributed by atoms with van der Waals surface area (Å²) in [5.41, 5.74) is 0. The summed E-state index contributed by atoms with van der Waals surface area (Å²) < 4.78 is 7.42. The van der Waals surface area contributed by atoms with Gasteiger partial charge in [-0.1, -0.05) is 18.7 Å². The van der Waals surface area contributed by atoms with E-state index in [2.05, 4.69) is 17.1 Å². The zero-order valence-corrected chi connectivity index (χ0v) is 12.4. The first-order valence-corrected chi connectivity index (χ1v) is 7.41. The van der Waals surface area contributed by atoms with Crippen molar-refractivity contribution in [1.29, 1.82) is 0 Å². The second-order valence-electron chi connectivity index (χ2n) is 4.41. The Kier molecular flexibility index (Phi) is 6.86. The maximum Gasteiger partial charge on any atom is 0.313 e. The maximum atomic E-state index is 10.6. The highest BCUT2D eigenvalue weighted by molar-refractivity contribution is 7.99. The number of nitrogens with zero attached hydrogens (tertiary/aromatic N) is 3. The predicted molar refractivity (Wildman–Crippen MR) is 73.6 cm³/mol. The first kappa shape index (κ1) is 16.0. The number of rotatable bonds is 9. The maximum absolute atomic E-state index is 10.6. The molecule has 19 heavy (non-hydrogen) atoms. The molecule has 1 N–H and O–H groups in total. The van der Waals surface area contributed by atoms with Gasteiger partial charge in [0.05, 0.1) is 12.4 Å². The molecule has 0 aliphatic carbocycles. The molecule has 0 unspecified atom stereocenters. The topological polar surface area (TPSA) is 77.2 Å². The van der Waals surface area contributed by atoms with Crippen LogP contribution in [0.5, 0.6) is 0 Å². The molecule has 108 valence electrons. The van der Waals surface area contributed by atoms with Crippen LogP contribution in [0.15, 0.2) is 5.16 Å². The first-order valence-electron chi connectivity index (χ1n) is 6.42. The summed E-state index contributed by atoms with van der Waals surface area (Å²) in [5, 5.41) is 17.6. The fourth-order valence-corrected chi connectivity index (χ4v) is 2.44. The van der Waals surface area contributed by atoms with Crippen LogP contribution in [0.25, 0.3) is 0 Å². The van der Waals surface area contributed by atoms with E-state index in [1.54, 1.807) is 0 Å². The van der Waals surface area contributed by atoms with Crippen LogP contribution in [-0.4, -0.2) is 44.8 Å². The molecule has 7 heteroatoms. The van der Waals surface area contributed by atoms with Crippen LogP contribution in [0.4, 0.5) is 0 Å². The van der Waals surface area contributed by atoms with E-state index in [4.69, 9.17) is 9.84 Å². The van der Waals surface area contributed by atoms with Crippen molar-refractivity contribution in [3.8, 4) is 0 Å². The molecule has 1 aromatic heterocycles. The third-order valence-electron chi connectivity index (χ3n) is 2.39. The number of aliphatic carboxylic acids is 1. The Morgan fingerprint density at radius 3 is 2.74 bits per heavy atom. The molecule has 1 rings (SSSR count). The van der Waals surface area contributed by atoms with E-state index in [1.807, 2.05) is 18.4 Å². The molecule has 1 heterocycles. The van der Waals surface area contributed by atoms with Gasteiger partial charge in [0.2, 0.25) is 0 Å². The van der Waals surface area contributed by atoms with Crippen molar-refractivity contribution in [2.24, 2.45) is 0 Å². The number of hydrogen-bond acceptors (Lipinski definition) is 5. The average Bonchev–Trinajstić information content (AvgIpc) is 2.75. The summed E-state index contributed by atoms with van der Waals surface area (Å²) in [6.45, 7) is 7.49. The second kappa shape index (κ2) is 8.16. The van der Waals surface area contributed by atoms with Gasteiger partial charge in [0, 0.05) is 19.1 Å². The molecule has 0 aromatic carbocycles. The molecule has 0 spiro atoms. The van der Waals surface area contributed by atoms with E-state index < -0.39 is 5.97 Å². The molecule has 0 amide bonds. The number of carboxylic acid groups (broad SMARTS) is 1. The third-order valence-corrected chi connectivity index (χ3v) is 3.32. The normalized spacial score (nSPS) is 11.2. The zero-order valence-electron chi connectivity index (χ0n) is 11.6. The molecule has 1 aromatic rings. The number of aromatic nitrogens is 3. The summed E-state index contributed by atoms with van der Waals surface area (Å²) >= 11 is 1.20. The van der Waals surface area contributed by atoms with Gasteiger partial charge in [0.25, 0.3) is 0 Å². The Bertz CT molecular complexity index is 407. The highest BCUT2D eigenvalue weighted by atomic mass is 32.2. The van der Waals surface area contributed by atoms with E-state index >= 15 is 0 Å². The SMILES string of the molecule is CCCOCCc1nnc(SCC(=O)O)n1C(C)C. The average molecular weight is 287 g/mol. The Balaban J connectivity index is 2.67. The number of ether oxygens (including phenoxy) is 1. The molecule has 0 atom stereocenters.